The van der Waals surface area contributed by atoms with Crippen molar-refractivity contribution in [1.29, 1.82) is 0 Å². The second-order valence-electron chi connectivity index (χ2n) is 4.92. The second kappa shape index (κ2) is 9.07. The minimum atomic E-state index is 0.173. The molecule has 3 nitrogen and oxygen atoms in total. The van der Waals surface area contributed by atoms with Crippen LogP contribution in [0.25, 0.3) is 0 Å². The van der Waals surface area contributed by atoms with Crippen LogP contribution in [-0.2, 0) is 4.79 Å². The van der Waals surface area contributed by atoms with Gasteiger partial charge in [0.25, 0.3) is 0 Å². The molecular weight excluding hydrogens is 212 g/mol. The van der Waals surface area contributed by atoms with E-state index in [1.165, 1.54) is 0 Å². The van der Waals surface area contributed by atoms with Gasteiger partial charge in [0.2, 0.25) is 5.91 Å². The van der Waals surface area contributed by atoms with Crippen LogP contribution in [0.2, 0.25) is 0 Å². The van der Waals surface area contributed by atoms with Gasteiger partial charge in [0, 0.05) is 32.5 Å². The summed E-state index contributed by atoms with van der Waals surface area (Å²) in [6.07, 6.45) is 9.18. The minimum Gasteiger partial charge on any atom is -0.346 e. The molecule has 1 unspecified atom stereocenters. The smallest absolute Gasteiger partial charge is 0.222 e. The topological polar surface area (TPSA) is 46.3 Å². The quantitative estimate of drug-likeness (QED) is 0.519. The van der Waals surface area contributed by atoms with Crippen molar-refractivity contribution in [2.45, 2.75) is 52.0 Å². The highest BCUT2D eigenvalue weighted by atomic mass is 16.2. The normalized spacial score (nSPS) is 12.2. The van der Waals surface area contributed by atoms with Crippen molar-refractivity contribution in [3.63, 3.8) is 0 Å². The Balaban J connectivity index is 3.71. The van der Waals surface area contributed by atoms with Gasteiger partial charge in [-0.3, -0.25) is 4.79 Å². The van der Waals surface area contributed by atoms with Gasteiger partial charge in [-0.05, 0) is 25.2 Å². The largest absolute Gasteiger partial charge is 0.346 e. The van der Waals surface area contributed by atoms with Crippen LogP contribution in [0.1, 0.15) is 46.0 Å². The van der Waals surface area contributed by atoms with Gasteiger partial charge in [0.05, 0.1) is 0 Å². The molecule has 0 aliphatic rings. The van der Waals surface area contributed by atoms with Gasteiger partial charge in [0.1, 0.15) is 0 Å². The first-order chi connectivity index (χ1) is 7.99. The average molecular weight is 238 g/mol. The zero-order valence-electron chi connectivity index (χ0n) is 11.4. The lowest BCUT2D eigenvalue weighted by atomic mass is 10.0. The number of carbonyl (C=O) groups excluding carboxylic acids is 1. The summed E-state index contributed by atoms with van der Waals surface area (Å²) in [5, 5.41) is 0. The van der Waals surface area contributed by atoms with Gasteiger partial charge < -0.3 is 10.6 Å². The van der Waals surface area contributed by atoms with Crippen molar-refractivity contribution in [3.05, 3.63) is 0 Å². The van der Waals surface area contributed by atoms with E-state index in [-0.39, 0.29) is 11.9 Å². The second-order valence-corrected chi connectivity index (χ2v) is 4.92. The Morgan fingerprint density at radius 1 is 1.41 bits per heavy atom. The fraction of sp³-hybridized carbons (Fsp3) is 0.786. The summed E-state index contributed by atoms with van der Waals surface area (Å²) in [7, 11) is 1.84. The van der Waals surface area contributed by atoms with Crippen molar-refractivity contribution in [1.82, 2.24) is 4.90 Å². The standard InChI is InChI=1S/C14H26N2O/c1-5-6-7-8-9-14(17)16(4)11-10-13(15)12(2)3/h1,12-13H,6-11,15H2,2-4H3. The third-order valence-electron chi connectivity index (χ3n) is 3.04. The van der Waals surface area contributed by atoms with Gasteiger partial charge >= 0.3 is 0 Å². The molecule has 0 aromatic rings. The van der Waals surface area contributed by atoms with Crippen LogP contribution in [0.3, 0.4) is 0 Å². The maximum absolute atomic E-state index is 11.7. The Hall–Kier alpha value is -1.01. The zero-order valence-corrected chi connectivity index (χ0v) is 11.4. The molecule has 0 saturated carbocycles. The van der Waals surface area contributed by atoms with Gasteiger partial charge in [-0.1, -0.05) is 13.8 Å². The van der Waals surface area contributed by atoms with Crippen LogP contribution in [0, 0.1) is 18.3 Å². The van der Waals surface area contributed by atoms with Crippen LogP contribution in [0.5, 0.6) is 0 Å². The van der Waals surface area contributed by atoms with E-state index in [1.54, 1.807) is 4.90 Å². The van der Waals surface area contributed by atoms with E-state index < -0.39 is 0 Å². The molecule has 0 aliphatic heterocycles. The fourth-order valence-electron chi connectivity index (χ4n) is 1.49. The fourth-order valence-corrected chi connectivity index (χ4v) is 1.49. The molecule has 1 amide bonds. The molecular formula is C14H26N2O. The van der Waals surface area contributed by atoms with Crippen LogP contribution >= 0.6 is 0 Å². The van der Waals surface area contributed by atoms with Gasteiger partial charge in [-0.15, -0.1) is 12.3 Å². The molecule has 17 heavy (non-hydrogen) atoms. The number of terminal acetylenes is 1. The van der Waals surface area contributed by atoms with Gasteiger partial charge in [0.15, 0.2) is 0 Å². The minimum absolute atomic E-state index is 0.173. The molecule has 98 valence electrons. The van der Waals surface area contributed by atoms with E-state index >= 15 is 0 Å². The number of rotatable bonds is 8. The first-order valence-corrected chi connectivity index (χ1v) is 6.42. The summed E-state index contributed by atoms with van der Waals surface area (Å²) in [6, 6.07) is 0.173. The molecule has 0 saturated heterocycles. The average Bonchev–Trinajstić information content (AvgIpc) is 2.30. The van der Waals surface area contributed by atoms with Crippen molar-refractivity contribution < 1.29 is 4.79 Å². The lowest BCUT2D eigenvalue weighted by Gasteiger charge is -2.21. The van der Waals surface area contributed by atoms with Gasteiger partial charge in [-0.2, -0.15) is 0 Å². The summed E-state index contributed by atoms with van der Waals surface area (Å²) in [5.41, 5.74) is 5.94. The molecule has 1 atom stereocenters. The number of nitrogens with zero attached hydrogens (tertiary/aromatic N) is 1. The predicted octanol–water partition coefficient (Wildman–Crippen LogP) is 2.01. The van der Waals surface area contributed by atoms with E-state index in [0.717, 1.165) is 32.2 Å². The number of nitrogens with two attached hydrogens (primary N) is 1. The molecule has 0 bridgehead atoms. The number of hydrogen-bond acceptors (Lipinski definition) is 2. The van der Waals surface area contributed by atoms with Crippen LogP contribution in [0.15, 0.2) is 0 Å². The maximum Gasteiger partial charge on any atom is 0.222 e. The van der Waals surface area contributed by atoms with Crippen molar-refractivity contribution in [3.8, 4) is 12.3 Å². The SMILES string of the molecule is C#CCCCCC(=O)N(C)CCC(N)C(C)C. The molecule has 2 N–H and O–H groups in total. The Morgan fingerprint density at radius 2 is 2.06 bits per heavy atom. The molecule has 0 spiro atoms. The van der Waals surface area contributed by atoms with Gasteiger partial charge in [-0.25, -0.2) is 0 Å². The number of amides is 1. The molecule has 0 aliphatic carbocycles. The molecule has 0 fully saturated rings. The maximum atomic E-state index is 11.7. The Labute approximate surface area is 106 Å². The first-order valence-electron chi connectivity index (χ1n) is 6.42. The highest BCUT2D eigenvalue weighted by Crippen LogP contribution is 2.06. The van der Waals surface area contributed by atoms with E-state index in [1.807, 2.05) is 7.05 Å². The molecule has 3 heteroatoms. The molecule has 0 rings (SSSR count). The third kappa shape index (κ3) is 7.82. The van der Waals surface area contributed by atoms with Crippen LogP contribution in [0.4, 0.5) is 0 Å². The molecule has 0 aromatic heterocycles. The van der Waals surface area contributed by atoms with Crippen LogP contribution < -0.4 is 5.73 Å². The summed E-state index contributed by atoms with van der Waals surface area (Å²) >= 11 is 0. The number of hydrogen-bond donors (Lipinski definition) is 1. The van der Waals surface area contributed by atoms with Crippen molar-refractivity contribution in [2.24, 2.45) is 11.7 Å². The zero-order chi connectivity index (χ0) is 13.3. The monoisotopic (exact) mass is 238 g/mol. The Morgan fingerprint density at radius 3 is 2.59 bits per heavy atom. The van der Waals surface area contributed by atoms with Crippen molar-refractivity contribution in [2.75, 3.05) is 13.6 Å². The van der Waals surface area contributed by atoms with E-state index in [0.29, 0.717) is 12.3 Å². The summed E-state index contributed by atoms with van der Waals surface area (Å²) in [4.78, 5) is 13.5. The van der Waals surface area contributed by atoms with Crippen molar-refractivity contribution >= 4 is 5.91 Å². The highest BCUT2D eigenvalue weighted by Gasteiger charge is 2.12. The Kier molecular flexibility index (Phi) is 8.53. The number of carbonyl (C=O) groups is 1. The summed E-state index contributed by atoms with van der Waals surface area (Å²) in [6.45, 7) is 4.95. The molecule has 0 aromatic carbocycles. The van der Waals surface area contributed by atoms with E-state index in [2.05, 4.69) is 19.8 Å². The molecule has 0 radical (unpaired) electrons. The summed E-state index contributed by atoms with van der Waals surface area (Å²) in [5.74, 6) is 3.24. The highest BCUT2D eigenvalue weighted by molar-refractivity contribution is 5.75. The van der Waals surface area contributed by atoms with E-state index in [9.17, 15) is 4.79 Å². The van der Waals surface area contributed by atoms with Crippen LogP contribution in [-0.4, -0.2) is 30.4 Å². The first kappa shape index (κ1) is 16.0. The lowest BCUT2D eigenvalue weighted by molar-refractivity contribution is -0.130. The molecule has 0 heterocycles. The van der Waals surface area contributed by atoms with E-state index in [4.69, 9.17) is 12.2 Å². The summed E-state index contributed by atoms with van der Waals surface area (Å²) < 4.78 is 0. The predicted molar refractivity (Wildman–Crippen MR) is 72.4 cm³/mol. The third-order valence-corrected chi connectivity index (χ3v) is 3.04. The lowest BCUT2D eigenvalue weighted by Crippen LogP contribution is -2.34. The Bertz CT molecular complexity index is 255. The number of unbranched alkanes of at least 4 members (excludes halogenated alkanes) is 2.